The van der Waals surface area contributed by atoms with E-state index in [9.17, 15) is 24.4 Å². The molecular formula is C27H26ClN5O5S. The van der Waals surface area contributed by atoms with Gasteiger partial charge < -0.3 is 10.1 Å². The summed E-state index contributed by atoms with van der Waals surface area (Å²) in [5, 5.41) is 12.7. The summed E-state index contributed by atoms with van der Waals surface area (Å²) in [5.41, 5.74) is -0.224. The highest BCUT2D eigenvalue weighted by Crippen LogP contribution is 2.27. The number of nitrogens with zero attached hydrogens (tertiary/aromatic N) is 4. The van der Waals surface area contributed by atoms with Crippen LogP contribution in [0.25, 0.3) is 5.69 Å². The van der Waals surface area contributed by atoms with Gasteiger partial charge >= 0.3 is 6.09 Å². The summed E-state index contributed by atoms with van der Waals surface area (Å²) in [6.07, 6.45) is 2.86. The molecule has 0 bridgehead atoms. The van der Waals surface area contributed by atoms with E-state index >= 15 is 0 Å². The van der Waals surface area contributed by atoms with Gasteiger partial charge in [0.25, 0.3) is 17.4 Å². The van der Waals surface area contributed by atoms with Gasteiger partial charge in [-0.25, -0.2) is 9.69 Å². The molecular weight excluding hydrogens is 542 g/mol. The second kappa shape index (κ2) is 11.3. The van der Waals surface area contributed by atoms with Crippen molar-refractivity contribution >= 4 is 46.5 Å². The lowest BCUT2D eigenvalue weighted by molar-refractivity contribution is -0.122. The molecule has 3 amide bonds. The summed E-state index contributed by atoms with van der Waals surface area (Å²) in [6.45, 7) is 5.14. The Morgan fingerprint density at radius 3 is 2.44 bits per heavy atom. The van der Waals surface area contributed by atoms with E-state index in [0.29, 0.717) is 14.9 Å². The summed E-state index contributed by atoms with van der Waals surface area (Å²) < 4.78 is 7.40. The van der Waals surface area contributed by atoms with Gasteiger partial charge in [-0.15, -0.1) is 11.3 Å². The van der Waals surface area contributed by atoms with Crippen LogP contribution in [0.1, 0.15) is 36.9 Å². The number of amides is 3. The molecule has 2 aromatic heterocycles. The number of rotatable bonds is 5. The molecule has 3 aromatic rings. The zero-order valence-electron chi connectivity index (χ0n) is 21.5. The Morgan fingerprint density at radius 2 is 1.85 bits per heavy atom. The topological polar surface area (TPSA) is 125 Å². The average molecular weight is 568 g/mol. The van der Waals surface area contributed by atoms with Crippen LogP contribution in [0.2, 0.25) is 4.34 Å². The summed E-state index contributed by atoms with van der Waals surface area (Å²) >= 11 is 7.06. The summed E-state index contributed by atoms with van der Waals surface area (Å²) in [5.74, 6) is -1.03. The highest BCUT2D eigenvalue weighted by Gasteiger charge is 2.44. The molecule has 1 aromatic carbocycles. The van der Waals surface area contributed by atoms with Crippen molar-refractivity contribution in [1.82, 2.24) is 14.8 Å². The Labute approximate surface area is 234 Å². The minimum atomic E-state index is -1.06. The highest BCUT2D eigenvalue weighted by atomic mass is 35.5. The fourth-order valence-corrected chi connectivity index (χ4v) is 5.12. The van der Waals surface area contributed by atoms with Crippen LogP contribution in [0, 0.1) is 11.5 Å². The van der Waals surface area contributed by atoms with E-state index in [2.05, 4.69) is 5.32 Å². The maximum atomic E-state index is 13.6. The Balaban J connectivity index is 1.57. The van der Waals surface area contributed by atoms with Gasteiger partial charge in [0.15, 0.2) is 6.19 Å². The maximum Gasteiger partial charge on any atom is 0.411 e. The molecule has 0 spiro atoms. The van der Waals surface area contributed by atoms with Crippen LogP contribution >= 0.6 is 22.9 Å². The molecule has 1 saturated heterocycles. The van der Waals surface area contributed by atoms with Crippen molar-refractivity contribution in [2.75, 3.05) is 11.4 Å². The van der Waals surface area contributed by atoms with Crippen LogP contribution < -0.4 is 15.8 Å². The quantitative estimate of drug-likeness (QED) is 0.364. The Hall–Kier alpha value is -4.14. The Bertz CT molecular complexity index is 1490. The lowest BCUT2D eigenvalue weighted by Gasteiger charge is -2.29. The number of anilines is 1. The van der Waals surface area contributed by atoms with Gasteiger partial charge in [0, 0.05) is 30.5 Å². The van der Waals surface area contributed by atoms with Gasteiger partial charge in [-0.1, -0.05) is 17.7 Å². The van der Waals surface area contributed by atoms with Crippen molar-refractivity contribution in [3.63, 3.8) is 0 Å². The minimum Gasteiger partial charge on any atom is -0.444 e. The lowest BCUT2D eigenvalue weighted by atomic mass is 10.1. The molecule has 10 nitrogen and oxygen atoms in total. The number of pyridine rings is 1. The fourth-order valence-electron chi connectivity index (χ4n) is 4.18. The van der Waals surface area contributed by atoms with Gasteiger partial charge in [0.1, 0.15) is 11.6 Å². The first kappa shape index (κ1) is 27.9. The molecule has 0 radical (unpaired) electrons. The Morgan fingerprint density at radius 1 is 1.13 bits per heavy atom. The van der Waals surface area contributed by atoms with E-state index in [1.54, 1.807) is 75.5 Å². The Kier molecular flexibility index (Phi) is 8.09. The second-order valence-electron chi connectivity index (χ2n) is 9.86. The van der Waals surface area contributed by atoms with E-state index in [0.717, 1.165) is 16.2 Å². The predicted molar refractivity (Wildman–Crippen MR) is 147 cm³/mol. The predicted octanol–water partition coefficient (Wildman–Crippen LogP) is 4.17. The molecule has 12 heteroatoms. The molecule has 3 heterocycles. The first-order valence-corrected chi connectivity index (χ1v) is 13.2. The van der Waals surface area contributed by atoms with Crippen molar-refractivity contribution in [3.05, 3.63) is 80.4 Å². The number of likely N-dealkylation sites (tertiary alicyclic amines) is 1. The van der Waals surface area contributed by atoms with Crippen molar-refractivity contribution in [2.45, 2.75) is 44.9 Å². The monoisotopic (exact) mass is 567 g/mol. The minimum absolute atomic E-state index is 0.0191. The van der Waals surface area contributed by atoms with Crippen molar-refractivity contribution in [1.29, 1.82) is 5.26 Å². The molecule has 202 valence electrons. The summed E-state index contributed by atoms with van der Waals surface area (Å²) in [4.78, 5) is 54.1. The molecule has 39 heavy (non-hydrogen) atoms. The smallest absolute Gasteiger partial charge is 0.411 e. The number of nitriles is 1. The number of halogens is 1. The van der Waals surface area contributed by atoms with Gasteiger partial charge in [-0.2, -0.15) is 5.26 Å². The zero-order valence-corrected chi connectivity index (χ0v) is 23.0. The number of benzene rings is 1. The largest absolute Gasteiger partial charge is 0.444 e. The number of carbonyl (C=O) groups excluding carboxylic acids is 3. The number of carbonyl (C=O) groups is 3. The van der Waals surface area contributed by atoms with Gasteiger partial charge in [0.05, 0.1) is 14.9 Å². The van der Waals surface area contributed by atoms with E-state index < -0.39 is 29.7 Å². The third kappa shape index (κ3) is 6.47. The molecule has 4 rings (SSSR count). The molecule has 1 fully saturated rings. The number of nitrogens with one attached hydrogen (secondary N) is 1. The SMILES string of the molecule is CC(C)(C)OC(=O)N1CC(NC(=O)c2ccc(Cl)s2)CC1C(=O)N(C#N)c1ccc(-n2ccccc2=O)cc1. The van der Waals surface area contributed by atoms with Crippen LogP contribution in [0.3, 0.4) is 0 Å². The number of aromatic nitrogens is 1. The molecule has 2 unspecified atom stereocenters. The van der Waals surface area contributed by atoms with E-state index in [1.807, 2.05) is 6.19 Å². The van der Waals surface area contributed by atoms with E-state index in [4.69, 9.17) is 16.3 Å². The van der Waals surface area contributed by atoms with Crippen LogP contribution in [0.15, 0.2) is 65.6 Å². The molecule has 0 saturated carbocycles. The number of hydrogen-bond acceptors (Lipinski definition) is 7. The first-order chi connectivity index (χ1) is 18.5. The van der Waals surface area contributed by atoms with Crippen molar-refractivity contribution < 1.29 is 19.1 Å². The van der Waals surface area contributed by atoms with E-state index in [1.165, 1.54) is 15.5 Å². The molecule has 0 aliphatic carbocycles. The van der Waals surface area contributed by atoms with Crippen LogP contribution in [-0.2, 0) is 9.53 Å². The van der Waals surface area contributed by atoms with Gasteiger partial charge in [-0.3, -0.25) is 23.9 Å². The number of hydrogen-bond donors (Lipinski definition) is 1. The van der Waals surface area contributed by atoms with Crippen molar-refractivity contribution in [2.24, 2.45) is 0 Å². The molecule has 1 N–H and O–H groups in total. The molecule has 1 aliphatic rings. The van der Waals surface area contributed by atoms with Gasteiger partial charge in [-0.05, 0) is 69.7 Å². The standard InChI is InChI=1S/C27H26ClN5O5S/c1-27(2,3)38-26(37)32-15-17(30-24(35)21-11-12-22(28)39-21)14-20(32)25(36)33(16-29)19-9-7-18(8-10-19)31-13-5-4-6-23(31)34/h4-13,17,20H,14-15H2,1-3H3,(H,30,35). The second-order valence-corrected chi connectivity index (χ2v) is 11.6. The maximum absolute atomic E-state index is 13.6. The van der Waals surface area contributed by atoms with Gasteiger partial charge in [0.2, 0.25) is 0 Å². The average Bonchev–Trinajstić information content (AvgIpc) is 3.51. The fraction of sp³-hybridized carbons (Fsp3) is 0.296. The van der Waals surface area contributed by atoms with Crippen molar-refractivity contribution in [3.8, 4) is 11.9 Å². The third-order valence-electron chi connectivity index (χ3n) is 5.88. The first-order valence-electron chi connectivity index (χ1n) is 12.0. The highest BCUT2D eigenvalue weighted by molar-refractivity contribution is 7.18. The summed E-state index contributed by atoms with van der Waals surface area (Å²) in [7, 11) is 0. The van der Waals surface area contributed by atoms with Crippen LogP contribution in [-0.4, -0.2) is 51.6 Å². The van der Waals surface area contributed by atoms with Crippen LogP contribution in [0.4, 0.5) is 10.5 Å². The molecule has 1 aliphatic heterocycles. The molecule has 2 atom stereocenters. The zero-order chi connectivity index (χ0) is 28.3. The van der Waals surface area contributed by atoms with Crippen LogP contribution in [0.5, 0.6) is 0 Å². The normalized spacial score (nSPS) is 16.8. The lowest BCUT2D eigenvalue weighted by Crippen LogP contribution is -2.48. The number of thiophene rings is 1. The summed E-state index contributed by atoms with van der Waals surface area (Å²) in [6, 6.07) is 12.7. The number of ether oxygens (including phenoxy) is 1. The van der Waals surface area contributed by atoms with E-state index in [-0.39, 0.29) is 30.1 Å². The third-order valence-corrected chi connectivity index (χ3v) is 7.11.